The molecule has 56 heavy (non-hydrogen) atoms. The standard InChI is InChI=1S/C19H19ClFN3O3.C17H21ClFN3O3.C3H3Br/c1-3-6-23-16-9-14(15(21)10-17(16)27-11-18(23)26)13(2)19(20)24-8-5-4-7-22(24)12-25;1-3-25-14-7-12(19)11(6-13(14)22-9-23)15-16(18)20-5-4-10(2)8-21-17(15)24;1-2-3-4/h1,9-10,12H,4-8,11H2,2H3;6-7,9-10,20H,3-5,8H2,1-2H3,(H,21,24)(H,22,23);1H,3H2/b19-13+;16-15-;. The number of allylic oxidation sites excluding steroid dienone is 1. The van der Waals surface area contributed by atoms with Crippen LogP contribution in [0.15, 0.2) is 34.6 Å². The summed E-state index contributed by atoms with van der Waals surface area (Å²) in [5.41, 5.74) is 1.30. The average molecular weight is 881 g/mol. The summed E-state index contributed by atoms with van der Waals surface area (Å²) in [6, 6.07) is 5.20. The van der Waals surface area contributed by atoms with Gasteiger partial charge in [-0.2, -0.15) is 0 Å². The smallest absolute Gasteiger partial charge is 0.265 e. The number of carbonyl (C=O) groups is 4. The largest absolute Gasteiger partial charge is 0.492 e. The summed E-state index contributed by atoms with van der Waals surface area (Å²) in [5.74, 6) is 3.48. The van der Waals surface area contributed by atoms with Gasteiger partial charge in [-0.1, -0.05) is 57.9 Å². The lowest BCUT2D eigenvalue weighted by Gasteiger charge is -2.37. The highest BCUT2D eigenvalue weighted by Gasteiger charge is 2.29. The molecular weight excluding hydrogens is 837 g/mol. The Kier molecular flexibility index (Phi) is 18.3. The minimum Gasteiger partial charge on any atom is -0.492 e. The Hall–Kier alpha value is -4.96. The number of anilines is 2. The van der Waals surface area contributed by atoms with E-state index in [4.69, 9.17) is 45.5 Å². The zero-order chi connectivity index (χ0) is 41.4. The van der Waals surface area contributed by atoms with E-state index in [0.717, 1.165) is 25.3 Å². The highest BCUT2D eigenvalue weighted by molar-refractivity contribution is 9.09. The van der Waals surface area contributed by atoms with Gasteiger partial charge >= 0.3 is 0 Å². The first-order chi connectivity index (χ1) is 26.9. The van der Waals surface area contributed by atoms with Crippen molar-refractivity contribution < 1.29 is 37.4 Å². The van der Waals surface area contributed by atoms with Gasteiger partial charge in [-0.3, -0.25) is 34.1 Å². The molecule has 300 valence electrons. The summed E-state index contributed by atoms with van der Waals surface area (Å²) >= 11 is 15.7. The first-order valence-electron chi connectivity index (χ1n) is 17.5. The maximum atomic E-state index is 14.7. The van der Waals surface area contributed by atoms with Crippen molar-refractivity contribution in [3.8, 4) is 36.2 Å². The molecule has 17 heteroatoms. The molecule has 0 bridgehead atoms. The number of benzene rings is 2. The number of hydrazine groups is 1. The number of amides is 4. The molecule has 0 radical (unpaired) electrons. The van der Waals surface area contributed by atoms with Crippen molar-refractivity contribution in [1.82, 2.24) is 20.7 Å². The molecule has 3 heterocycles. The van der Waals surface area contributed by atoms with Gasteiger partial charge in [0.1, 0.15) is 33.4 Å². The molecule has 3 N–H and O–H groups in total. The van der Waals surface area contributed by atoms with E-state index in [1.54, 1.807) is 18.9 Å². The zero-order valence-electron chi connectivity index (χ0n) is 31.2. The first kappa shape index (κ1) is 45.4. The Balaban J connectivity index is 0.000000275. The minimum absolute atomic E-state index is 0.00901. The van der Waals surface area contributed by atoms with Crippen LogP contribution < -0.4 is 30.3 Å². The zero-order valence-corrected chi connectivity index (χ0v) is 34.3. The Bertz CT molecular complexity index is 1920. The second-order valence-corrected chi connectivity index (χ2v) is 13.7. The van der Waals surface area contributed by atoms with Gasteiger partial charge in [0, 0.05) is 49.4 Å². The second kappa shape index (κ2) is 22.6. The van der Waals surface area contributed by atoms with Crippen LogP contribution in [0.1, 0.15) is 51.2 Å². The third-order valence-corrected chi connectivity index (χ3v) is 9.65. The first-order valence-corrected chi connectivity index (χ1v) is 19.4. The molecule has 2 aromatic rings. The Labute approximate surface area is 344 Å². The number of ether oxygens (including phenoxy) is 2. The van der Waals surface area contributed by atoms with Crippen molar-refractivity contribution in [2.75, 3.05) is 61.5 Å². The Morgan fingerprint density at radius 3 is 2.48 bits per heavy atom. The molecule has 0 saturated carbocycles. The number of alkyl halides is 1. The van der Waals surface area contributed by atoms with E-state index >= 15 is 0 Å². The van der Waals surface area contributed by atoms with E-state index in [0.29, 0.717) is 62.2 Å². The van der Waals surface area contributed by atoms with Crippen molar-refractivity contribution >= 4 is 86.3 Å². The lowest BCUT2D eigenvalue weighted by atomic mass is 10.0. The number of terminal acetylenes is 2. The number of halogens is 5. The lowest BCUT2D eigenvalue weighted by Crippen LogP contribution is -2.44. The molecule has 2 aromatic carbocycles. The van der Waals surface area contributed by atoms with Gasteiger partial charge in [0.15, 0.2) is 6.61 Å². The van der Waals surface area contributed by atoms with Crippen LogP contribution in [-0.2, 0) is 19.2 Å². The third-order valence-electron chi connectivity index (χ3n) is 8.52. The summed E-state index contributed by atoms with van der Waals surface area (Å²) in [5, 5.41) is 12.3. The molecule has 5 rings (SSSR count). The summed E-state index contributed by atoms with van der Waals surface area (Å²) < 4.78 is 40.0. The van der Waals surface area contributed by atoms with Gasteiger partial charge in [0.05, 0.1) is 35.4 Å². The van der Waals surface area contributed by atoms with Crippen LogP contribution in [0.4, 0.5) is 20.2 Å². The Morgan fingerprint density at radius 2 is 1.84 bits per heavy atom. The number of carbonyl (C=O) groups excluding carboxylic acids is 4. The summed E-state index contributed by atoms with van der Waals surface area (Å²) in [6.45, 7) is 7.73. The van der Waals surface area contributed by atoms with E-state index in [-0.39, 0.29) is 69.2 Å². The maximum absolute atomic E-state index is 14.7. The number of nitrogens with one attached hydrogen (secondary N) is 3. The molecule has 1 fully saturated rings. The lowest BCUT2D eigenvalue weighted by molar-refractivity contribution is -0.133. The summed E-state index contributed by atoms with van der Waals surface area (Å²) in [6.07, 6.45) is 13.8. The van der Waals surface area contributed by atoms with Crippen molar-refractivity contribution in [2.45, 2.75) is 40.0 Å². The molecular formula is C39H43BrCl2F2N6O6. The number of hydrogen-bond donors (Lipinski definition) is 3. The molecule has 1 saturated heterocycles. The van der Waals surface area contributed by atoms with E-state index in [1.807, 2.05) is 6.92 Å². The van der Waals surface area contributed by atoms with E-state index in [1.165, 1.54) is 28.1 Å². The van der Waals surface area contributed by atoms with E-state index in [2.05, 4.69) is 43.7 Å². The van der Waals surface area contributed by atoms with Crippen LogP contribution >= 0.6 is 39.1 Å². The molecule has 4 amide bonds. The van der Waals surface area contributed by atoms with Crippen molar-refractivity contribution in [2.24, 2.45) is 5.92 Å². The molecule has 1 unspecified atom stereocenters. The highest BCUT2D eigenvalue weighted by Crippen LogP contribution is 2.38. The van der Waals surface area contributed by atoms with Crippen molar-refractivity contribution in [1.29, 1.82) is 0 Å². The fourth-order valence-electron chi connectivity index (χ4n) is 5.70. The number of nitrogens with zero attached hydrogens (tertiary/aromatic N) is 3. The molecule has 0 aliphatic carbocycles. The van der Waals surface area contributed by atoms with Crippen LogP contribution in [0.3, 0.4) is 0 Å². The van der Waals surface area contributed by atoms with Gasteiger partial charge in [-0.25, -0.2) is 8.78 Å². The quantitative estimate of drug-likeness (QED) is 0.120. The molecule has 12 nitrogen and oxygen atoms in total. The highest BCUT2D eigenvalue weighted by atomic mass is 79.9. The molecule has 0 spiro atoms. The molecule has 3 aliphatic rings. The normalized spacial score (nSPS) is 18.4. The summed E-state index contributed by atoms with van der Waals surface area (Å²) in [4.78, 5) is 48.1. The monoisotopic (exact) mass is 878 g/mol. The van der Waals surface area contributed by atoms with Crippen molar-refractivity contribution in [3.63, 3.8) is 0 Å². The van der Waals surface area contributed by atoms with Crippen LogP contribution in [0.5, 0.6) is 11.5 Å². The summed E-state index contributed by atoms with van der Waals surface area (Å²) in [7, 11) is 0. The van der Waals surface area contributed by atoms with Gasteiger partial charge < -0.3 is 25.4 Å². The van der Waals surface area contributed by atoms with E-state index in [9.17, 15) is 28.0 Å². The van der Waals surface area contributed by atoms with Crippen LogP contribution in [0, 0.1) is 42.2 Å². The second-order valence-electron chi connectivity index (χ2n) is 12.4. The van der Waals surface area contributed by atoms with Gasteiger partial charge in [-0.05, 0) is 56.7 Å². The number of hydrogen-bond acceptors (Lipinski definition) is 8. The minimum atomic E-state index is -0.669. The fraction of sp³-hybridized carbons (Fsp3) is 0.385. The fourth-order valence-corrected chi connectivity index (χ4v) is 6.26. The van der Waals surface area contributed by atoms with Crippen molar-refractivity contribution in [3.05, 3.63) is 57.3 Å². The van der Waals surface area contributed by atoms with Gasteiger partial charge in [0.2, 0.25) is 12.8 Å². The SMILES string of the molecule is C#CCBr.C#CCN1C(=O)COc2cc(F)c(/C(C)=C(\Cl)N3CCCCN3C=O)cc21.CCOc1cc(F)c(/C2=C(\Cl)NCCC(C)CNC2=O)cc1NC=O. The topological polar surface area (TPSA) is 133 Å². The molecule has 0 aromatic heterocycles. The molecule has 3 aliphatic heterocycles. The average Bonchev–Trinajstić information content (AvgIpc) is 3.25. The predicted molar refractivity (Wildman–Crippen MR) is 218 cm³/mol. The van der Waals surface area contributed by atoms with Crippen LogP contribution in [-0.4, -0.2) is 85.9 Å². The number of rotatable bonds is 9. The third kappa shape index (κ3) is 11.8. The Morgan fingerprint density at radius 1 is 1.12 bits per heavy atom. The molecule has 1 atom stereocenters. The van der Waals surface area contributed by atoms with Crippen LogP contribution in [0.25, 0.3) is 11.1 Å². The number of fused-ring (bicyclic) bond motifs is 1. The predicted octanol–water partition coefficient (Wildman–Crippen LogP) is 6.04. The van der Waals surface area contributed by atoms with Gasteiger partial charge in [-0.15, -0.1) is 12.8 Å². The van der Waals surface area contributed by atoms with Crippen LogP contribution in [0.2, 0.25) is 0 Å². The van der Waals surface area contributed by atoms with Gasteiger partial charge in [0.25, 0.3) is 11.8 Å². The van der Waals surface area contributed by atoms with E-state index < -0.39 is 17.5 Å². The maximum Gasteiger partial charge on any atom is 0.265 e.